The molecule has 1 atom stereocenters. The fourth-order valence-corrected chi connectivity index (χ4v) is 1.54. The van der Waals surface area contributed by atoms with Gasteiger partial charge in [0, 0.05) is 18.9 Å². The summed E-state index contributed by atoms with van der Waals surface area (Å²) in [5.74, 6) is -0.291. The van der Waals surface area contributed by atoms with Crippen molar-refractivity contribution in [3.63, 3.8) is 0 Å². The molecule has 0 aromatic heterocycles. The highest BCUT2D eigenvalue weighted by molar-refractivity contribution is 5.81. The Morgan fingerprint density at radius 3 is 2.82 bits per heavy atom. The molecule has 4 heteroatoms. The van der Waals surface area contributed by atoms with Gasteiger partial charge in [-0.3, -0.25) is 4.79 Å². The lowest BCUT2D eigenvalue weighted by molar-refractivity contribution is -0.118. The number of ether oxygens (including phenoxy) is 1. The number of hydrogen-bond donors (Lipinski definition) is 1. The van der Waals surface area contributed by atoms with Gasteiger partial charge in [0.05, 0.1) is 7.11 Å². The van der Waals surface area contributed by atoms with Crippen LogP contribution in [0.5, 0.6) is 5.75 Å². The number of carbonyl (C=O) groups excluding carboxylic acids is 1. The minimum absolute atomic E-state index is 0.00514. The molecule has 0 aliphatic rings. The Bertz CT molecular complexity index is 391. The second-order valence-electron chi connectivity index (χ2n) is 4.16. The number of halogens is 1. The third-order valence-electron chi connectivity index (χ3n) is 2.53. The number of ketones is 1. The van der Waals surface area contributed by atoms with Crippen LogP contribution >= 0.6 is 0 Å². The first-order chi connectivity index (χ1) is 8.04. The lowest BCUT2D eigenvalue weighted by Crippen LogP contribution is -2.17. The SMILES string of the molecule is COc1cccc(CC(=O)CCC(C)N)c1F. The Hall–Kier alpha value is -1.42. The summed E-state index contributed by atoms with van der Waals surface area (Å²) in [6, 6.07) is 4.80. The largest absolute Gasteiger partial charge is 0.494 e. The van der Waals surface area contributed by atoms with Gasteiger partial charge >= 0.3 is 0 Å². The first-order valence-electron chi connectivity index (χ1n) is 5.63. The van der Waals surface area contributed by atoms with E-state index in [9.17, 15) is 9.18 Å². The van der Waals surface area contributed by atoms with Crippen molar-refractivity contribution in [2.24, 2.45) is 5.73 Å². The van der Waals surface area contributed by atoms with Crippen LogP contribution in [-0.2, 0) is 11.2 Å². The average Bonchev–Trinajstić information content (AvgIpc) is 2.29. The van der Waals surface area contributed by atoms with Crippen molar-refractivity contribution in [2.75, 3.05) is 7.11 Å². The van der Waals surface area contributed by atoms with Crippen LogP contribution in [0.25, 0.3) is 0 Å². The summed E-state index contributed by atoms with van der Waals surface area (Å²) >= 11 is 0. The van der Waals surface area contributed by atoms with Crippen molar-refractivity contribution < 1.29 is 13.9 Å². The highest BCUT2D eigenvalue weighted by Gasteiger charge is 2.12. The molecule has 0 bridgehead atoms. The van der Waals surface area contributed by atoms with Gasteiger partial charge in [0.15, 0.2) is 11.6 Å². The molecule has 0 spiro atoms. The summed E-state index contributed by atoms with van der Waals surface area (Å²) < 4.78 is 18.6. The van der Waals surface area contributed by atoms with Crippen molar-refractivity contribution in [1.29, 1.82) is 0 Å². The van der Waals surface area contributed by atoms with Crippen LogP contribution < -0.4 is 10.5 Å². The topological polar surface area (TPSA) is 52.3 Å². The molecule has 3 nitrogen and oxygen atoms in total. The molecule has 0 saturated carbocycles. The Labute approximate surface area is 101 Å². The average molecular weight is 239 g/mol. The second kappa shape index (κ2) is 6.35. The van der Waals surface area contributed by atoms with E-state index < -0.39 is 5.82 Å². The van der Waals surface area contributed by atoms with Crippen LogP contribution in [0, 0.1) is 5.82 Å². The number of rotatable bonds is 6. The van der Waals surface area contributed by atoms with E-state index in [1.54, 1.807) is 12.1 Å². The molecule has 0 aliphatic carbocycles. The fourth-order valence-electron chi connectivity index (χ4n) is 1.54. The Morgan fingerprint density at radius 1 is 1.53 bits per heavy atom. The minimum atomic E-state index is -0.454. The van der Waals surface area contributed by atoms with Gasteiger partial charge in [-0.2, -0.15) is 0 Å². The van der Waals surface area contributed by atoms with Gasteiger partial charge in [0.25, 0.3) is 0 Å². The summed E-state index contributed by atoms with van der Waals surface area (Å²) in [6.45, 7) is 1.85. The van der Waals surface area contributed by atoms with Gasteiger partial charge in [0.1, 0.15) is 5.78 Å². The maximum Gasteiger partial charge on any atom is 0.168 e. The summed E-state index contributed by atoms with van der Waals surface area (Å²) in [7, 11) is 1.40. The van der Waals surface area contributed by atoms with Gasteiger partial charge in [-0.1, -0.05) is 12.1 Å². The van der Waals surface area contributed by atoms with Gasteiger partial charge in [-0.05, 0) is 25.0 Å². The molecule has 0 saturated heterocycles. The van der Waals surface area contributed by atoms with E-state index in [0.29, 0.717) is 18.4 Å². The first kappa shape index (κ1) is 13.6. The number of benzene rings is 1. The number of methoxy groups -OCH3 is 1. The molecule has 0 aliphatic heterocycles. The lowest BCUT2D eigenvalue weighted by atomic mass is 10.0. The zero-order valence-corrected chi connectivity index (χ0v) is 10.2. The number of nitrogens with two attached hydrogens (primary N) is 1. The van der Waals surface area contributed by atoms with Crippen LogP contribution in [0.2, 0.25) is 0 Å². The standard InChI is InChI=1S/C13H18FNO2/c1-9(15)6-7-11(16)8-10-4-3-5-12(17-2)13(10)14/h3-5,9H,6-8,15H2,1-2H3. The molecule has 2 N–H and O–H groups in total. The summed E-state index contributed by atoms with van der Waals surface area (Å²) in [4.78, 5) is 11.6. The summed E-state index contributed by atoms with van der Waals surface area (Å²) in [6.07, 6.45) is 1.11. The molecular formula is C13H18FNO2. The fraction of sp³-hybridized carbons (Fsp3) is 0.462. The Balaban J connectivity index is 2.65. The third kappa shape index (κ3) is 4.15. The van der Waals surface area contributed by atoms with Gasteiger partial charge < -0.3 is 10.5 Å². The summed E-state index contributed by atoms with van der Waals surface area (Å²) in [5.41, 5.74) is 5.94. The van der Waals surface area contributed by atoms with E-state index in [-0.39, 0.29) is 24.0 Å². The lowest BCUT2D eigenvalue weighted by Gasteiger charge is -2.07. The van der Waals surface area contributed by atoms with Crippen molar-refractivity contribution in [1.82, 2.24) is 0 Å². The maximum atomic E-state index is 13.7. The molecule has 0 heterocycles. The van der Waals surface area contributed by atoms with Crippen molar-refractivity contribution >= 4 is 5.78 Å². The monoisotopic (exact) mass is 239 g/mol. The first-order valence-corrected chi connectivity index (χ1v) is 5.63. The second-order valence-corrected chi connectivity index (χ2v) is 4.16. The Kier molecular flexibility index (Phi) is 5.10. The van der Waals surface area contributed by atoms with Crippen LogP contribution in [0.15, 0.2) is 18.2 Å². The van der Waals surface area contributed by atoms with Crippen LogP contribution in [-0.4, -0.2) is 18.9 Å². The van der Waals surface area contributed by atoms with Gasteiger partial charge in [-0.25, -0.2) is 4.39 Å². The van der Waals surface area contributed by atoms with E-state index in [1.807, 2.05) is 6.92 Å². The molecule has 1 unspecified atom stereocenters. The maximum absolute atomic E-state index is 13.7. The smallest absolute Gasteiger partial charge is 0.168 e. The molecule has 0 amide bonds. The number of hydrogen-bond acceptors (Lipinski definition) is 3. The van der Waals surface area contributed by atoms with Crippen LogP contribution in [0.3, 0.4) is 0 Å². The van der Waals surface area contributed by atoms with E-state index in [0.717, 1.165) is 0 Å². The quantitative estimate of drug-likeness (QED) is 0.826. The van der Waals surface area contributed by atoms with Gasteiger partial charge in [0.2, 0.25) is 0 Å². The normalized spacial score (nSPS) is 12.2. The van der Waals surface area contributed by atoms with Crippen molar-refractivity contribution in [2.45, 2.75) is 32.2 Å². The number of carbonyl (C=O) groups is 1. The molecule has 17 heavy (non-hydrogen) atoms. The van der Waals surface area contributed by atoms with Crippen molar-refractivity contribution in [3.05, 3.63) is 29.6 Å². The molecular weight excluding hydrogens is 221 g/mol. The zero-order chi connectivity index (χ0) is 12.8. The van der Waals surface area contributed by atoms with Crippen molar-refractivity contribution in [3.8, 4) is 5.75 Å². The highest BCUT2D eigenvalue weighted by Crippen LogP contribution is 2.20. The van der Waals surface area contributed by atoms with Gasteiger partial charge in [-0.15, -0.1) is 0 Å². The molecule has 1 aromatic carbocycles. The van der Waals surface area contributed by atoms with Crippen LogP contribution in [0.4, 0.5) is 4.39 Å². The van der Waals surface area contributed by atoms with E-state index in [1.165, 1.54) is 13.2 Å². The minimum Gasteiger partial charge on any atom is -0.494 e. The molecule has 0 radical (unpaired) electrons. The molecule has 1 rings (SSSR count). The van der Waals surface area contributed by atoms with Crippen LogP contribution in [0.1, 0.15) is 25.3 Å². The highest BCUT2D eigenvalue weighted by atomic mass is 19.1. The molecule has 0 fully saturated rings. The number of Topliss-reactive ketones (excluding diaryl/α,β-unsaturated/α-hetero) is 1. The predicted octanol–water partition coefficient (Wildman–Crippen LogP) is 2.07. The van der Waals surface area contributed by atoms with E-state index >= 15 is 0 Å². The summed E-state index contributed by atoms with van der Waals surface area (Å²) in [5, 5.41) is 0. The predicted molar refractivity (Wildman–Crippen MR) is 64.5 cm³/mol. The molecule has 94 valence electrons. The zero-order valence-electron chi connectivity index (χ0n) is 10.2. The van der Waals surface area contributed by atoms with E-state index in [4.69, 9.17) is 10.5 Å². The third-order valence-corrected chi connectivity index (χ3v) is 2.53. The Morgan fingerprint density at radius 2 is 2.24 bits per heavy atom. The molecule has 1 aromatic rings. The van der Waals surface area contributed by atoms with E-state index in [2.05, 4.69) is 0 Å².